The summed E-state index contributed by atoms with van der Waals surface area (Å²) in [6.07, 6.45) is 45.1. The molecule has 0 radical (unpaired) electrons. The van der Waals surface area contributed by atoms with Gasteiger partial charge in [-0.25, -0.2) is 4.57 Å². The van der Waals surface area contributed by atoms with Crippen LogP contribution in [-0.2, 0) is 18.4 Å². The van der Waals surface area contributed by atoms with Crippen molar-refractivity contribution in [2.45, 2.75) is 187 Å². The Kier molecular flexibility index (Phi) is 37.4. The minimum Gasteiger partial charge on any atom is -0.350 e. The number of hydrogen-bond acceptors (Lipinski definition) is 5. The van der Waals surface area contributed by atoms with Crippen molar-refractivity contribution >= 4 is 25.5 Å². The van der Waals surface area contributed by atoms with E-state index >= 15 is 0 Å². The second-order valence-corrected chi connectivity index (χ2v) is 18.5. The molecular formula is C44H86N2O5PS+. The molecule has 0 rings (SSSR count). The molecule has 1 unspecified atom stereocenters. The Morgan fingerprint density at radius 1 is 0.660 bits per heavy atom. The van der Waals surface area contributed by atoms with Crippen molar-refractivity contribution in [2.75, 3.05) is 52.4 Å². The van der Waals surface area contributed by atoms with Crippen LogP contribution in [0.1, 0.15) is 181 Å². The number of allylic oxidation sites excluding steroid dienone is 6. The lowest BCUT2D eigenvalue weighted by Crippen LogP contribution is -2.40. The number of hydrogen-bond donors (Lipinski definition) is 2. The Balaban J connectivity index is 4.29. The first-order valence-electron chi connectivity index (χ1n) is 21.8. The third-order valence-corrected chi connectivity index (χ3v) is 11.5. The van der Waals surface area contributed by atoms with Crippen molar-refractivity contribution in [2.24, 2.45) is 0 Å². The highest BCUT2D eigenvalue weighted by molar-refractivity contribution is 7.99. The number of nitrogens with zero attached hydrogens (tertiary/aromatic N) is 1. The molecule has 2 N–H and O–H groups in total. The zero-order valence-corrected chi connectivity index (χ0v) is 37.1. The van der Waals surface area contributed by atoms with Crippen LogP contribution in [0.15, 0.2) is 36.5 Å². The van der Waals surface area contributed by atoms with Crippen LogP contribution in [0, 0.1) is 0 Å². The Bertz CT molecular complexity index is 953. The van der Waals surface area contributed by atoms with Gasteiger partial charge in [0.2, 0.25) is 5.91 Å². The van der Waals surface area contributed by atoms with Crippen molar-refractivity contribution in [1.82, 2.24) is 5.32 Å². The minimum absolute atomic E-state index is 0.0168. The van der Waals surface area contributed by atoms with Crippen LogP contribution in [0.4, 0.5) is 0 Å². The van der Waals surface area contributed by atoms with E-state index in [0.717, 1.165) is 57.1 Å². The standard InChI is InChI=1S/C44H85N2O5PS/c1-6-8-10-12-14-16-18-20-22-23-24-25-27-29-31-33-35-37-44(47)45-43(41-51-52(48,49)50-39-38-46(3,4)5)42-53-40-36-34-32-30-28-26-21-19-17-15-13-11-9-7-2/h14,16,20,22,24-25,43H,6-13,15,17-19,21,23,26-42H2,1-5H3,(H-,45,47,48,49)/p+1/b16-14-,22-20-,25-24-/t43-/m0/s1. The maximum atomic E-state index is 12.8. The molecule has 9 heteroatoms. The van der Waals surface area contributed by atoms with E-state index in [-0.39, 0.29) is 25.2 Å². The van der Waals surface area contributed by atoms with Gasteiger partial charge in [-0.1, -0.05) is 159 Å². The zero-order chi connectivity index (χ0) is 39.1. The molecule has 0 aromatic carbocycles. The summed E-state index contributed by atoms with van der Waals surface area (Å²) >= 11 is 1.79. The highest BCUT2D eigenvalue weighted by atomic mass is 32.2. The van der Waals surface area contributed by atoms with Gasteiger partial charge >= 0.3 is 7.82 Å². The molecule has 0 bridgehead atoms. The Labute approximate surface area is 333 Å². The third-order valence-electron chi connectivity index (χ3n) is 9.33. The second-order valence-electron chi connectivity index (χ2n) is 15.9. The van der Waals surface area contributed by atoms with Crippen LogP contribution in [0.3, 0.4) is 0 Å². The van der Waals surface area contributed by atoms with E-state index in [1.165, 1.54) is 109 Å². The van der Waals surface area contributed by atoms with Crippen LogP contribution < -0.4 is 5.32 Å². The minimum atomic E-state index is -4.19. The topological polar surface area (TPSA) is 84.9 Å². The van der Waals surface area contributed by atoms with E-state index in [1.54, 1.807) is 11.8 Å². The quantitative estimate of drug-likeness (QED) is 0.0278. The maximum Gasteiger partial charge on any atom is 0.472 e. The highest BCUT2D eigenvalue weighted by Gasteiger charge is 2.25. The summed E-state index contributed by atoms with van der Waals surface area (Å²) in [5.41, 5.74) is 0. The molecule has 0 aliphatic rings. The number of phosphoric ester groups is 1. The fraction of sp³-hybridized carbons (Fsp3) is 0.841. The summed E-state index contributed by atoms with van der Waals surface area (Å²) in [5.74, 6) is 1.65. The average Bonchev–Trinajstić information content (AvgIpc) is 3.11. The van der Waals surface area contributed by atoms with Gasteiger partial charge in [0.25, 0.3) is 0 Å². The number of quaternary nitrogens is 1. The molecule has 7 nitrogen and oxygen atoms in total. The van der Waals surface area contributed by atoms with E-state index in [9.17, 15) is 14.3 Å². The lowest BCUT2D eigenvalue weighted by Gasteiger charge is -2.24. The number of likely N-dealkylation sites (N-methyl/N-ethyl adjacent to an activating group) is 1. The molecule has 0 aromatic rings. The number of rotatable bonds is 40. The second kappa shape index (κ2) is 38.0. The molecular weight excluding hydrogens is 700 g/mol. The summed E-state index contributed by atoms with van der Waals surface area (Å²) in [7, 11) is 1.81. The first kappa shape index (κ1) is 52.1. The summed E-state index contributed by atoms with van der Waals surface area (Å²) in [6, 6.07) is -0.331. The number of amides is 1. The number of phosphoric acid groups is 1. The average molecular weight is 786 g/mol. The SMILES string of the molecule is CCCCC/C=C\C/C=C\C/C=C\CCCCCCC(=O)N[C@@H](COP(=O)(O)OCC[N+](C)(C)C)CSCCCCCCCCCCCCCCCC. The lowest BCUT2D eigenvalue weighted by atomic mass is 10.0. The van der Waals surface area contributed by atoms with Gasteiger partial charge in [0, 0.05) is 12.2 Å². The van der Waals surface area contributed by atoms with Gasteiger partial charge in [-0.3, -0.25) is 13.8 Å². The predicted molar refractivity (Wildman–Crippen MR) is 233 cm³/mol. The van der Waals surface area contributed by atoms with Gasteiger partial charge in [0.05, 0.1) is 33.8 Å². The van der Waals surface area contributed by atoms with Gasteiger partial charge in [-0.15, -0.1) is 0 Å². The van der Waals surface area contributed by atoms with Crippen LogP contribution in [0.5, 0.6) is 0 Å². The van der Waals surface area contributed by atoms with Crippen LogP contribution in [0.25, 0.3) is 0 Å². The van der Waals surface area contributed by atoms with Crippen molar-refractivity contribution in [1.29, 1.82) is 0 Å². The summed E-state index contributed by atoms with van der Waals surface area (Å²) in [6.45, 7) is 5.20. The summed E-state index contributed by atoms with van der Waals surface area (Å²) < 4.78 is 23.7. The predicted octanol–water partition coefficient (Wildman–Crippen LogP) is 12.9. The number of carbonyl (C=O) groups excluding carboxylic acids is 1. The van der Waals surface area contributed by atoms with E-state index < -0.39 is 7.82 Å². The van der Waals surface area contributed by atoms with Gasteiger partial charge in [0.15, 0.2) is 0 Å². The molecule has 0 heterocycles. The van der Waals surface area contributed by atoms with E-state index in [0.29, 0.717) is 23.2 Å². The fourth-order valence-electron chi connectivity index (χ4n) is 5.90. The van der Waals surface area contributed by atoms with Gasteiger partial charge in [0.1, 0.15) is 13.2 Å². The molecule has 0 fully saturated rings. The lowest BCUT2D eigenvalue weighted by molar-refractivity contribution is -0.870. The third kappa shape index (κ3) is 42.1. The van der Waals surface area contributed by atoms with Gasteiger partial charge < -0.3 is 14.7 Å². The smallest absolute Gasteiger partial charge is 0.350 e. The van der Waals surface area contributed by atoms with E-state index in [1.807, 2.05) is 21.1 Å². The van der Waals surface area contributed by atoms with Gasteiger partial charge in [-0.05, 0) is 57.1 Å². The monoisotopic (exact) mass is 786 g/mol. The Hall–Kier alpha value is -0.890. The number of thioether (sulfide) groups is 1. The molecule has 312 valence electrons. The molecule has 0 saturated heterocycles. The largest absolute Gasteiger partial charge is 0.472 e. The molecule has 2 atom stereocenters. The maximum absolute atomic E-state index is 12.8. The molecule has 0 saturated carbocycles. The number of carbonyl (C=O) groups is 1. The Morgan fingerprint density at radius 2 is 1.11 bits per heavy atom. The summed E-state index contributed by atoms with van der Waals surface area (Å²) in [4.78, 5) is 23.1. The summed E-state index contributed by atoms with van der Waals surface area (Å²) in [5, 5.41) is 3.08. The van der Waals surface area contributed by atoms with Crippen molar-refractivity contribution in [3.8, 4) is 0 Å². The molecule has 53 heavy (non-hydrogen) atoms. The zero-order valence-electron chi connectivity index (χ0n) is 35.3. The van der Waals surface area contributed by atoms with Crippen molar-refractivity contribution in [3.05, 3.63) is 36.5 Å². The first-order valence-corrected chi connectivity index (χ1v) is 24.5. The molecule has 0 spiro atoms. The van der Waals surface area contributed by atoms with Crippen molar-refractivity contribution in [3.63, 3.8) is 0 Å². The Morgan fingerprint density at radius 3 is 1.66 bits per heavy atom. The normalized spacial score (nSPS) is 14.2. The molecule has 0 aromatic heterocycles. The number of unbranched alkanes of at least 4 members (excludes halogenated alkanes) is 20. The van der Waals surface area contributed by atoms with E-state index in [4.69, 9.17) is 9.05 Å². The fourth-order valence-corrected chi connectivity index (χ4v) is 7.69. The molecule has 0 aliphatic heterocycles. The highest BCUT2D eigenvalue weighted by Crippen LogP contribution is 2.43. The van der Waals surface area contributed by atoms with Gasteiger partial charge in [-0.2, -0.15) is 11.8 Å². The number of nitrogens with one attached hydrogen (secondary N) is 1. The van der Waals surface area contributed by atoms with Crippen LogP contribution in [-0.4, -0.2) is 73.7 Å². The molecule has 1 amide bonds. The van der Waals surface area contributed by atoms with Crippen LogP contribution >= 0.6 is 19.6 Å². The van der Waals surface area contributed by atoms with Crippen LogP contribution in [0.2, 0.25) is 0 Å². The van der Waals surface area contributed by atoms with E-state index in [2.05, 4.69) is 55.6 Å². The first-order chi connectivity index (χ1) is 25.6. The molecule has 0 aliphatic carbocycles. The van der Waals surface area contributed by atoms with Crippen molar-refractivity contribution < 1.29 is 27.8 Å².